The molecule has 3 heterocycles. The van der Waals surface area contributed by atoms with Crippen LogP contribution in [0, 0.1) is 29.6 Å². The molecule has 0 radical (unpaired) electrons. The van der Waals surface area contributed by atoms with E-state index in [0.717, 1.165) is 48.2 Å². The highest BCUT2D eigenvalue weighted by Gasteiger charge is 2.36. The third kappa shape index (κ3) is 8.05. The Kier molecular flexibility index (Phi) is 11.2. The maximum Gasteiger partial charge on any atom is 0.0168 e. The smallest absolute Gasteiger partial charge is 0.0168 e. The van der Waals surface area contributed by atoms with Crippen molar-refractivity contribution in [3.05, 3.63) is 11.6 Å². The first-order valence-corrected chi connectivity index (χ1v) is 15.5. The summed E-state index contributed by atoms with van der Waals surface area (Å²) in [6.45, 7) is 28.3. The molecule has 0 bridgehead atoms. The maximum atomic E-state index is 2.95. The predicted molar refractivity (Wildman–Crippen MR) is 154 cm³/mol. The molecule has 0 aliphatic carbocycles. The van der Waals surface area contributed by atoms with Crippen LogP contribution in [0.3, 0.4) is 0 Å². The third-order valence-corrected chi connectivity index (χ3v) is 10.4. The Hall–Kier alpha value is -0.380. The normalized spacial score (nSPS) is 30.3. The van der Waals surface area contributed by atoms with Crippen LogP contribution in [0.15, 0.2) is 11.6 Å². The monoisotopic (exact) mass is 487 g/mol. The summed E-state index contributed by atoms with van der Waals surface area (Å²) in [7, 11) is 0. The van der Waals surface area contributed by atoms with Crippen LogP contribution < -0.4 is 0 Å². The van der Waals surface area contributed by atoms with Crippen molar-refractivity contribution < 1.29 is 0 Å². The average molecular weight is 488 g/mol. The first kappa shape index (κ1) is 29.2. The molecule has 0 spiro atoms. The Balaban J connectivity index is 1.56. The minimum atomic E-state index is 0.674. The third-order valence-electron chi connectivity index (χ3n) is 10.4. The Labute approximate surface area is 220 Å². The van der Waals surface area contributed by atoms with Crippen molar-refractivity contribution in [2.45, 2.75) is 131 Å². The van der Waals surface area contributed by atoms with Crippen molar-refractivity contribution in [2.75, 3.05) is 32.7 Å². The molecule has 3 aliphatic rings. The van der Waals surface area contributed by atoms with E-state index in [0.29, 0.717) is 12.1 Å². The Morgan fingerprint density at radius 3 is 2.03 bits per heavy atom. The summed E-state index contributed by atoms with van der Waals surface area (Å²) in [5, 5.41) is 0. The summed E-state index contributed by atoms with van der Waals surface area (Å²) in [4.78, 5) is 8.38. The summed E-state index contributed by atoms with van der Waals surface area (Å²) in [6, 6.07) is 2.87. The maximum absolute atomic E-state index is 2.95. The van der Waals surface area contributed by atoms with E-state index in [1.165, 1.54) is 71.1 Å². The first-order valence-electron chi connectivity index (χ1n) is 15.5. The van der Waals surface area contributed by atoms with Gasteiger partial charge in [-0.2, -0.15) is 0 Å². The van der Waals surface area contributed by atoms with Gasteiger partial charge in [0.2, 0.25) is 0 Å². The molecule has 0 amide bonds. The van der Waals surface area contributed by atoms with E-state index in [1.807, 2.05) is 0 Å². The van der Waals surface area contributed by atoms with Crippen molar-refractivity contribution in [3.63, 3.8) is 0 Å². The van der Waals surface area contributed by atoms with Gasteiger partial charge in [-0.1, -0.05) is 46.3 Å². The largest absolute Gasteiger partial charge is 0.300 e. The summed E-state index contributed by atoms with van der Waals surface area (Å²) < 4.78 is 0. The molecule has 6 atom stereocenters. The molecule has 0 aromatic heterocycles. The van der Waals surface area contributed by atoms with Crippen molar-refractivity contribution >= 4 is 0 Å². The van der Waals surface area contributed by atoms with Crippen LogP contribution in [0.2, 0.25) is 0 Å². The van der Waals surface area contributed by atoms with Gasteiger partial charge in [0.25, 0.3) is 0 Å². The zero-order chi connectivity index (χ0) is 25.7. The number of nitrogens with zero attached hydrogens (tertiary/aromatic N) is 3. The van der Waals surface area contributed by atoms with E-state index >= 15 is 0 Å². The van der Waals surface area contributed by atoms with E-state index in [9.17, 15) is 0 Å². The lowest BCUT2D eigenvalue weighted by atomic mass is 9.80. The molecule has 204 valence electrons. The molecule has 2 saturated heterocycles. The number of rotatable bonds is 11. The van der Waals surface area contributed by atoms with Crippen LogP contribution in [0.25, 0.3) is 0 Å². The first-order chi connectivity index (χ1) is 16.6. The van der Waals surface area contributed by atoms with Crippen LogP contribution in [0.1, 0.15) is 107 Å². The van der Waals surface area contributed by atoms with Crippen molar-refractivity contribution in [2.24, 2.45) is 29.6 Å². The van der Waals surface area contributed by atoms with E-state index < -0.39 is 0 Å². The highest BCUT2D eigenvalue weighted by Crippen LogP contribution is 2.35. The zero-order valence-corrected chi connectivity index (χ0v) is 25.1. The number of likely N-dealkylation sites (tertiary alicyclic amines) is 2. The summed E-state index contributed by atoms with van der Waals surface area (Å²) in [5.41, 5.74) is 1.73. The van der Waals surface area contributed by atoms with Gasteiger partial charge in [-0.25, -0.2) is 0 Å². The van der Waals surface area contributed by atoms with Gasteiger partial charge in [-0.05, 0) is 115 Å². The molecular weight excluding hydrogens is 426 g/mol. The molecule has 0 saturated carbocycles. The van der Waals surface area contributed by atoms with Crippen LogP contribution in [0.4, 0.5) is 0 Å². The van der Waals surface area contributed by atoms with E-state index in [1.54, 1.807) is 5.57 Å². The lowest BCUT2D eigenvalue weighted by molar-refractivity contribution is 0.0360. The van der Waals surface area contributed by atoms with E-state index in [2.05, 4.69) is 83.1 Å². The lowest BCUT2D eigenvalue weighted by Gasteiger charge is -2.46. The molecule has 3 heteroatoms. The fourth-order valence-corrected chi connectivity index (χ4v) is 7.28. The fourth-order valence-electron chi connectivity index (χ4n) is 7.28. The van der Waals surface area contributed by atoms with Crippen LogP contribution >= 0.6 is 0 Å². The van der Waals surface area contributed by atoms with Crippen LogP contribution in [-0.2, 0) is 0 Å². The van der Waals surface area contributed by atoms with Crippen molar-refractivity contribution in [1.29, 1.82) is 0 Å². The highest BCUT2D eigenvalue weighted by molar-refractivity contribution is 5.11. The molecule has 35 heavy (non-hydrogen) atoms. The van der Waals surface area contributed by atoms with Gasteiger partial charge in [0.05, 0.1) is 0 Å². The molecule has 0 aromatic rings. The van der Waals surface area contributed by atoms with Gasteiger partial charge >= 0.3 is 0 Å². The average Bonchev–Trinajstić information content (AvgIpc) is 3.33. The number of piperidine rings is 1. The van der Waals surface area contributed by atoms with Gasteiger partial charge < -0.3 is 4.90 Å². The van der Waals surface area contributed by atoms with Crippen LogP contribution in [-0.4, -0.2) is 71.6 Å². The minimum absolute atomic E-state index is 0.674. The molecule has 3 nitrogen and oxygen atoms in total. The molecule has 3 aliphatic heterocycles. The van der Waals surface area contributed by atoms with Gasteiger partial charge in [-0.3, -0.25) is 9.80 Å². The number of hydrogen-bond acceptors (Lipinski definition) is 3. The Morgan fingerprint density at radius 1 is 0.771 bits per heavy atom. The molecular formula is C32H61N3. The second-order valence-electron chi connectivity index (χ2n) is 13.7. The fraction of sp³-hybridized carbons (Fsp3) is 0.938. The van der Waals surface area contributed by atoms with E-state index in [-0.39, 0.29) is 0 Å². The zero-order valence-electron chi connectivity index (χ0n) is 25.1. The summed E-state index contributed by atoms with van der Waals surface area (Å²) in [6.07, 6.45) is 12.1. The molecule has 0 N–H and O–H groups in total. The van der Waals surface area contributed by atoms with Gasteiger partial charge in [0.1, 0.15) is 0 Å². The second kappa shape index (κ2) is 13.4. The molecule has 2 fully saturated rings. The topological polar surface area (TPSA) is 9.72 Å². The predicted octanol–water partition coefficient (Wildman–Crippen LogP) is 7.32. The van der Waals surface area contributed by atoms with Gasteiger partial charge in [0.15, 0.2) is 0 Å². The van der Waals surface area contributed by atoms with Gasteiger partial charge in [0, 0.05) is 43.8 Å². The molecule has 0 aromatic carbocycles. The molecule has 6 unspecified atom stereocenters. The highest BCUT2D eigenvalue weighted by atomic mass is 15.2. The summed E-state index contributed by atoms with van der Waals surface area (Å²) in [5.74, 6) is 4.22. The van der Waals surface area contributed by atoms with Crippen molar-refractivity contribution in [3.8, 4) is 0 Å². The van der Waals surface area contributed by atoms with Gasteiger partial charge in [-0.15, -0.1) is 0 Å². The lowest BCUT2D eigenvalue weighted by Crippen LogP contribution is -2.50. The van der Waals surface area contributed by atoms with Crippen molar-refractivity contribution in [1.82, 2.24) is 14.7 Å². The molecule has 3 rings (SSSR count). The number of hydrogen-bond donors (Lipinski definition) is 0. The quantitative estimate of drug-likeness (QED) is 0.283. The van der Waals surface area contributed by atoms with Crippen LogP contribution in [0.5, 0.6) is 0 Å². The van der Waals surface area contributed by atoms with E-state index in [4.69, 9.17) is 0 Å². The Morgan fingerprint density at radius 2 is 1.46 bits per heavy atom. The Bertz CT molecular complexity index is 653. The minimum Gasteiger partial charge on any atom is -0.300 e. The standard InChI is InChI=1S/C32H61N3/c1-23(2)30-15-19-35(32(21-30)20-28(9)34-18-14-31(22-34)24(3)4)27(8)11-10-26(7)29-12-16-33(17-13-29)25(5)6/h12,23-28,30-32H,10-11,13-22H2,1-9H3. The summed E-state index contributed by atoms with van der Waals surface area (Å²) >= 11 is 0. The second-order valence-corrected chi connectivity index (χ2v) is 13.7. The SMILES string of the molecule is CC(CCC(C)N1CCC(C(C)C)CC1CC(C)N1CCC(C(C)C)C1)C1=CCN(C(C)C)CC1.